The number of hydrogen-bond donors (Lipinski definition) is 2. The molecule has 78 valence electrons. The van der Waals surface area contributed by atoms with E-state index < -0.39 is 4.92 Å². The maximum Gasteiger partial charge on any atom is 0.292 e. The van der Waals surface area contributed by atoms with Crippen molar-refractivity contribution in [2.75, 3.05) is 12.3 Å². The summed E-state index contributed by atoms with van der Waals surface area (Å²) >= 11 is 0. The van der Waals surface area contributed by atoms with Crippen molar-refractivity contribution in [3.8, 4) is 11.8 Å². The molecule has 0 saturated carbocycles. The minimum atomic E-state index is -0.521. The van der Waals surface area contributed by atoms with Crippen molar-refractivity contribution >= 4 is 11.4 Å². The van der Waals surface area contributed by atoms with Crippen molar-refractivity contribution in [1.82, 2.24) is 0 Å². The average molecular weight is 205 g/mol. The summed E-state index contributed by atoms with van der Waals surface area (Å²) in [5.41, 5.74) is 11.4. The van der Waals surface area contributed by atoms with Crippen molar-refractivity contribution < 1.29 is 4.92 Å². The van der Waals surface area contributed by atoms with Crippen LogP contribution in [-0.4, -0.2) is 11.5 Å². The summed E-state index contributed by atoms with van der Waals surface area (Å²) in [4.78, 5) is 9.95. The van der Waals surface area contributed by atoms with Crippen LogP contribution in [0.4, 0.5) is 11.4 Å². The van der Waals surface area contributed by atoms with Crippen LogP contribution in [0.25, 0.3) is 0 Å². The van der Waals surface area contributed by atoms with Gasteiger partial charge in [-0.05, 0) is 12.1 Å². The van der Waals surface area contributed by atoms with E-state index in [1.807, 2.05) is 0 Å². The van der Waals surface area contributed by atoms with Crippen LogP contribution >= 0.6 is 0 Å². The van der Waals surface area contributed by atoms with Crippen LogP contribution in [0, 0.1) is 22.0 Å². The molecule has 1 rings (SSSR count). The summed E-state index contributed by atoms with van der Waals surface area (Å²) in [6.45, 7) is 0.495. The van der Waals surface area contributed by atoms with Crippen molar-refractivity contribution in [3.63, 3.8) is 0 Å². The highest BCUT2D eigenvalue weighted by molar-refractivity contribution is 5.61. The lowest BCUT2D eigenvalue weighted by atomic mass is 10.2. The fraction of sp³-hybridized carbons (Fsp3) is 0.200. The average Bonchev–Trinajstić information content (AvgIpc) is 2.17. The van der Waals surface area contributed by atoms with Gasteiger partial charge in [0.05, 0.1) is 4.92 Å². The zero-order valence-electron chi connectivity index (χ0n) is 8.06. The lowest BCUT2D eigenvalue weighted by Gasteiger charge is -1.96. The van der Waals surface area contributed by atoms with Gasteiger partial charge >= 0.3 is 0 Å². The van der Waals surface area contributed by atoms with Crippen molar-refractivity contribution in [3.05, 3.63) is 33.9 Å². The standard InChI is InChI=1S/C10H11N3O2/c11-6-2-1-3-8-4-5-10(13(14)15)9(12)7-8/h4-5,7H,2,6,11-12H2. The first-order chi connectivity index (χ1) is 7.15. The Bertz CT molecular complexity index is 432. The van der Waals surface area contributed by atoms with Gasteiger partial charge in [0.2, 0.25) is 0 Å². The number of anilines is 1. The van der Waals surface area contributed by atoms with Crippen LogP contribution in [0.15, 0.2) is 18.2 Å². The molecule has 0 unspecified atom stereocenters. The van der Waals surface area contributed by atoms with Crippen LogP contribution in [-0.2, 0) is 0 Å². The highest BCUT2D eigenvalue weighted by Crippen LogP contribution is 2.21. The van der Waals surface area contributed by atoms with Crippen molar-refractivity contribution in [1.29, 1.82) is 0 Å². The molecule has 15 heavy (non-hydrogen) atoms. The molecule has 5 nitrogen and oxygen atoms in total. The molecule has 0 saturated heterocycles. The maximum absolute atomic E-state index is 10.5. The first kappa shape index (κ1) is 11.0. The second-order valence-corrected chi connectivity index (χ2v) is 2.87. The second-order valence-electron chi connectivity index (χ2n) is 2.87. The van der Waals surface area contributed by atoms with Crippen LogP contribution in [0.1, 0.15) is 12.0 Å². The number of nitrogen functional groups attached to an aromatic ring is 1. The van der Waals surface area contributed by atoms with E-state index in [4.69, 9.17) is 11.5 Å². The third kappa shape index (κ3) is 2.97. The van der Waals surface area contributed by atoms with E-state index in [9.17, 15) is 10.1 Å². The Morgan fingerprint density at radius 2 is 2.20 bits per heavy atom. The largest absolute Gasteiger partial charge is 0.393 e. The van der Waals surface area contributed by atoms with Gasteiger partial charge in [-0.15, -0.1) is 0 Å². The van der Waals surface area contributed by atoms with Gasteiger partial charge < -0.3 is 11.5 Å². The molecule has 0 radical (unpaired) electrons. The van der Waals surface area contributed by atoms with E-state index in [0.29, 0.717) is 18.5 Å². The van der Waals surface area contributed by atoms with E-state index in [1.165, 1.54) is 12.1 Å². The Kier molecular flexibility index (Phi) is 3.66. The van der Waals surface area contributed by atoms with E-state index in [0.717, 1.165) is 0 Å². The molecule has 0 aliphatic carbocycles. The van der Waals surface area contributed by atoms with Crippen LogP contribution in [0.2, 0.25) is 0 Å². The van der Waals surface area contributed by atoms with Crippen molar-refractivity contribution in [2.24, 2.45) is 5.73 Å². The van der Waals surface area contributed by atoms with Crippen LogP contribution in [0.5, 0.6) is 0 Å². The Morgan fingerprint density at radius 1 is 1.47 bits per heavy atom. The normalized spacial score (nSPS) is 9.13. The number of rotatable bonds is 2. The molecule has 0 fully saturated rings. The van der Waals surface area contributed by atoms with Gasteiger partial charge in [-0.1, -0.05) is 11.8 Å². The first-order valence-electron chi connectivity index (χ1n) is 4.38. The van der Waals surface area contributed by atoms with E-state index >= 15 is 0 Å². The lowest BCUT2D eigenvalue weighted by Crippen LogP contribution is -1.96. The number of benzene rings is 1. The van der Waals surface area contributed by atoms with E-state index in [2.05, 4.69) is 11.8 Å². The number of hydrogen-bond acceptors (Lipinski definition) is 4. The minimum Gasteiger partial charge on any atom is -0.393 e. The highest BCUT2D eigenvalue weighted by atomic mass is 16.6. The summed E-state index contributed by atoms with van der Waals surface area (Å²) < 4.78 is 0. The number of nitro benzene ring substituents is 1. The second kappa shape index (κ2) is 4.98. The van der Waals surface area contributed by atoms with Gasteiger partial charge in [-0.2, -0.15) is 0 Å². The molecule has 4 N–H and O–H groups in total. The third-order valence-electron chi connectivity index (χ3n) is 1.73. The zero-order chi connectivity index (χ0) is 11.3. The Balaban J connectivity index is 2.93. The molecule has 0 aromatic heterocycles. The Morgan fingerprint density at radius 3 is 2.73 bits per heavy atom. The number of nitrogens with two attached hydrogens (primary N) is 2. The zero-order valence-corrected chi connectivity index (χ0v) is 8.06. The van der Waals surface area contributed by atoms with Crippen LogP contribution in [0.3, 0.4) is 0 Å². The lowest BCUT2D eigenvalue weighted by molar-refractivity contribution is -0.383. The number of nitro groups is 1. The molecule has 1 aromatic rings. The monoisotopic (exact) mass is 205 g/mol. The van der Waals surface area contributed by atoms with Crippen molar-refractivity contribution in [2.45, 2.75) is 6.42 Å². The Labute approximate surface area is 87.2 Å². The molecule has 0 spiro atoms. The first-order valence-corrected chi connectivity index (χ1v) is 4.38. The molecule has 5 heteroatoms. The highest BCUT2D eigenvalue weighted by Gasteiger charge is 2.09. The summed E-state index contributed by atoms with van der Waals surface area (Å²) in [5, 5.41) is 10.5. The van der Waals surface area contributed by atoms with Crippen LogP contribution < -0.4 is 11.5 Å². The quantitative estimate of drug-likeness (QED) is 0.324. The summed E-state index contributed by atoms with van der Waals surface area (Å²) in [6, 6.07) is 4.40. The summed E-state index contributed by atoms with van der Waals surface area (Å²) in [6.07, 6.45) is 0.594. The molecule has 0 atom stereocenters. The van der Waals surface area contributed by atoms with Gasteiger partial charge in [-0.3, -0.25) is 10.1 Å². The predicted octanol–water partition coefficient (Wildman–Crippen LogP) is 0.877. The topological polar surface area (TPSA) is 95.2 Å². The molecule has 0 aliphatic rings. The van der Waals surface area contributed by atoms with Gasteiger partial charge in [0.1, 0.15) is 5.69 Å². The molecule has 0 bridgehead atoms. The fourth-order valence-corrected chi connectivity index (χ4v) is 1.04. The predicted molar refractivity (Wildman–Crippen MR) is 58.1 cm³/mol. The Hall–Kier alpha value is -2.06. The summed E-state index contributed by atoms with van der Waals surface area (Å²) in [7, 11) is 0. The molecule has 1 aromatic carbocycles. The fourth-order valence-electron chi connectivity index (χ4n) is 1.04. The smallest absolute Gasteiger partial charge is 0.292 e. The van der Waals surface area contributed by atoms with E-state index in [1.54, 1.807) is 6.07 Å². The molecule has 0 heterocycles. The summed E-state index contributed by atoms with van der Waals surface area (Å²) in [5.74, 6) is 5.65. The molecule has 0 amide bonds. The third-order valence-corrected chi connectivity index (χ3v) is 1.73. The van der Waals surface area contributed by atoms with Gasteiger partial charge in [0.15, 0.2) is 0 Å². The number of nitrogens with zero attached hydrogens (tertiary/aromatic N) is 1. The molecule has 0 aliphatic heterocycles. The SMILES string of the molecule is NCCC#Cc1ccc([N+](=O)[O-])c(N)c1. The van der Waals surface area contributed by atoms with Gasteiger partial charge in [0.25, 0.3) is 5.69 Å². The van der Waals surface area contributed by atoms with Gasteiger partial charge in [0, 0.05) is 24.6 Å². The minimum absolute atomic E-state index is 0.0978. The van der Waals surface area contributed by atoms with E-state index in [-0.39, 0.29) is 11.4 Å². The van der Waals surface area contributed by atoms with Gasteiger partial charge in [-0.25, -0.2) is 0 Å². The molecular formula is C10H11N3O2. The molecular weight excluding hydrogens is 194 g/mol. The maximum atomic E-state index is 10.5.